The smallest absolute Gasteiger partial charge is 0.0560 e. The molecule has 2 unspecified atom stereocenters. The second-order valence-electron chi connectivity index (χ2n) is 5.30. The molecule has 0 aromatic carbocycles. The molecule has 3 rings (SSSR count). The van der Waals surface area contributed by atoms with E-state index in [2.05, 4.69) is 22.0 Å². The Labute approximate surface area is 103 Å². The first-order valence-electron chi connectivity index (χ1n) is 6.80. The standard InChI is InChI=1S/C14H21N3/c15-10-12-9-13(6-7-16-12)17-8-2-4-11-3-1-5-14(11)17/h6-7,9,11,14H,1-5,8,10,15H2. The lowest BCUT2D eigenvalue weighted by Gasteiger charge is -2.39. The summed E-state index contributed by atoms with van der Waals surface area (Å²) in [4.78, 5) is 6.89. The highest BCUT2D eigenvalue weighted by Gasteiger charge is 2.34. The number of nitrogens with zero attached hydrogens (tertiary/aromatic N) is 2. The van der Waals surface area contributed by atoms with Gasteiger partial charge in [-0.2, -0.15) is 0 Å². The molecule has 3 heteroatoms. The van der Waals surface area contributed by atoms with Gasteiger partial charge in [-0.15, -0.1) is 0 Å². The van der Waals surface area contributed by atoms with E-state index < -0.39 is 0 Å². The van der Waals surface area contributed by atoms with Crippen LogP contribution in [0, 0.1) is 5.92 Å². The van der Waals surface area contributed by atoms with Crippen molar-refractivity contribution < 1.29 is 0 Å². The molecule has 0 amide bonds. The van der Waals surface area contributed by atoms with E-state index in [4.69, 9.17) is 5.73 Å². The molecule has 2 N–H and O–H groups in total. The van der Waals surface area contributed by atoms with Gasteiger partial charge in [-0.1, -0.05) is 6.42 Å². The van der Waals surface area contributed by atoms with Gasteiger partial charge in [0.05, 0.1) is 5.69 Å². The quantitative estimate of drug-likeness (QED) is 0.849. The lowest BCUT2D eigenvalue weighted by atomic mass is 9.91. The number of piperidine rings is 1. The minimum Gasteiger partial charge on any atom is -0.368 e. The molecule has 1 aliphatic heterocycles. The fraction of sp³-hybridized carbons (Fsp3) is 0.643. The van der Waals surface area contributed by atoms with Crippen LogP contribution < -0.4 is 10.6 Å². The predicted molar refractivity (Wildman–Crippen MR) is 69.8 cm³/mol. The summed E-state index contributed by atoms with van der Waals surface area (Å²) in [5.74, 6) is 0.929. The van der Waals surface area contributed by atoms with Crippen molar-refractivity contribution in [3.05, 3.63) is 24.0 Å². The lowest BCUT2D eigenvalue weighted by Crippen LogP contribution is -2.42. The van der Waals surface area contributed by atoms with Crippen LogP contribution in [0.2, 0.25) is 0 Å². The van der Waals surface area contributed by atoms with E-state index >= 15 is 0 Å². The largest absolute Gasteiger partial charge is 0.368 e. The van der Waals surface area contributed by atoms with E-state index in [0.29, 0.717) is 6.54 Å². The van der Waals surface area contributed by atoms with Crippen LogP contribution in [0.1, 0.15) is 37.8 Å². The molecule has 1 aliphatic carbocycles. The molecule has 3 nitrogen and oxygen atoms in total. The van der Waals surface area contributed by atoms with Crippen molar-refractivity contribution in [2.75, 3.05) is 11.4 Å². The summed E-state index contributed by atoms with van der Waals surface area (Å²) in [6, 6.07) is 5.08. The van der Waals surface area contributed by atoms with Gasteiger partial charge in [0.25, 0.3) is 0 Å². The van der Waals surface area contributed by atoms with Crippen LogP contribution in [0.3, 0.4) is 0 Å². The zero-order valence-corrected chi connectivity index (χ0v) is 10.3. The van der Waals surface area contributed by atoms with Crippen molar-refractivity contribution in [2.45, 2.75) is 44.7 Å². The van der Waals surface area contributed by atoms with E-state index in [0.717, 1.165) is 17.7 Å². The highest BCUT2D eigenvalue weighted by atomic mass is 15.2. The third-order valence-corrected chi connectivity index (χ3v) is 4.33. The second kappa shape index (κ2) is 4.65. The first-order chi connectivity index (χ1) is 8.38. The topological polar surface area (TPSA) is 42.1 Å². The molecule has 1 aromatic rings. The Morgan fingerprint density at radius 2 is 2.18 bits per heavy atom. The number of fused-ring (bicyclic) bond motifs is 1. The van der Waals surface area contributed by atoms with Gasteiger partial charge in [0.1, 0.15) is 0 Å². The van der Waals surface area contributed by atoms with Gasteiger partial charge in [0.2, 0.25) is 0 Å². The van der Waals surface area contributed by atoms with E-state index in [-0.39, 0.29) is 0 Å². The Morgan fingerprint density at radius 3 is 3.06 bits per heavy atom. The highest BCUT2D eigenvalue weighted by molar-refractivity contribution is 5.48. The Bertz CT molecular complexity index is 391. The molecule has 2 fully saturated rings. The molecule has 0 bridgehead atoms. The van der Waals surface area contributed by atoms with Crippen molar-refractivity contribution in [1.82, 2.24) is 4.98 Å². The maximum Gasteiger partial charge on any atom is 0.0560 e. The molecule has 1 saturated carbocycles. The molecule has 2 aliphatic rings. The maximum atomic E-state index is 5.67. The Kier molecular flexibility index (Phi) is 3.02. The summed E-state index contributed by atoms with van der Waals surface area (Å²) < 4.78 is 0. The first-order valence-corrected chi connectivity index (χ1v) is 6.80. The molecule has 17 heavy (non-hydrogen) atoms. The fourth-order valence-corrected chi connectivity index (χ4v) is 3.53. The molecule has 1 saturated heterocycles. The minimum atomic E-state index is 0.537. The average molecular weight is 231 g/mol. The molecule has 0 radical (unpaired) electrons. The monoisotopic (exact) mass is 231 g/mol. The Morgan fingerprint density at radius 1 is 1.29 bits per heavy atom. The maximum absolute atomic E-state index is 5.67. The van der Waals surface area contributed by atoms with E-state index in [1.807, 2.05) is 6.20 Å². The number of hydrogen-bond donors (Lipinski definition) is 1. The number of anilines is 1. The van der Waals surface area contributed by atoms with Gasteiger partial charge in [0, 0.05) is 31.0 Å². The van der Waals surface area contributed by atoms with E-state index in [1.54, 1.807) is 0 Å². The van der Waals surface area contributed by atoms with Gasteiger partial charge in [-0.3, -0.25) is 4.98 Å². The summed E-state index contributed by atoms with van der Waals surface area (Å²) in [7, 11) is 0. The van der Waals surface area contributed by atoms with Crippen LogP contribution in [0.5, 0.6) is 0 Å². The SMILES string of the molecule is NCc1cc(N2CCCC3CCCC32)ccn1. The summed E-state index contributed by atoms with van der Waals surface area (Å²) in [6.45, 7) is 1.74. The molecular weight excluding hydrogens is 210 g/mol. The summed E-state index contributed by atoms with van der Waals surface area (Å²) in [5.41, 5.74) is 8.01. The van der Waals surface area contributed by atoms with Crippen LogP contribution in [0.4, 0.5) is 5.69 Å². The lowest BCUT2D eigenvalue weighted by molar-refractivity contribution is 0.362. The second-order valence-corrected chi connectivity index (χ2v) is 5.30. The fourth-order valence-electron chi connectivity index (χ4n) is 3.53. The van der Waals surface area contributed by atoms with Crippen LogP contribution >= 0.6 is 0 Å². The van der Waals surface area contributed by atoms with Crippen LogP contribution in [0.15, 0.2) is 18.3 Å². The molecular formula is C14H21N3. The van der Waals surface area contributed by atoms with E-state index in [9.17, 15) is 0 Å². The van der Waals surface area contributed by atoms with Crippen molar-refractivity contribution in [3.8, 4) is 0 Å². The summed E-state index contributed by atoms with van der Waals surface area (Å²) >= 11 is 0. The summed E-state index contributed by atoms with van der Waals surface area (Å²) in [5, 5.41) is 0. The van der Waals surface area contributed by atoms with Gasteiger partial charge < -0.3 is 10.6 Å². The minimum absolute atomic E-state index is 0.537. The molecule has 2 atom stereocenters. The van der Waals surface area contributed by atoms with Gasteiger partial charge in [0.15, 0.2) is 0 Å². The molecule has 0 spiro atoms. The molecule has 92 valence electrons. The van der Waals surface area contributed by atoms with Crippen molar-refractivity contribution in [1.29, 1.82) is 0 Å². The highest BCUT2D eigenvalue weighted by Crippen LogP contribution is 2.38. The zero-order chi connectivity index (χ0) is 11.7. The summed E-state index contributed by atoms with van der Waals surface area (Å²) in [6.07, 6.45) is 8.86. The van der Waals surface area contributed by atoms with Crippen LogP contribution in [0.25, 0.3) is 0 Å². The number of pyridine rings is 1. The van der Waals surface area contributed by atoms with Crippen molar-refractivity contribution >= 4 is 5.69 Å². The van der Waals surface area contributed by atoms with Gasteiger partial charge in [-0.05, 0) is 43.7 Å². The van der Waals surface area contributed by atoms with Crippen molar-refractivity contribution in [3.63, 3.8) is 0 Å². The molecule has 2 heterocycles. The third kappa shape index (κ3) is 2.04. The number of aromatic nitrogens is 1. The first kappa shape index (κ1) is 11.0. The normalized spacial score (nSPS) is 28.2. The van der Waals surface area contributed by atoms with Crippen LogP contribution in [-0.4, -0.2) is 17.6 Å². The zero-order valence-electron chi connectivity index (χ0n) is 10.3. The predicted octanol–water partition coefficient (Wildman–Crippen LogP) is 2.31. The number of hydrogen-bond acceptors (Lipinski definition) is 3. The van der Waals surface area contributed by atoms with E-state index in [1.165, 1.54) is 44.3 Å². The third-order valence-electron chi connectivity index (χ3n) is 4.33. The Hall–Kier alpha value is -1.09. The number of nitrogens with two attached hydrogens (primary N) is 1. The number of rotatable bonds is 2. The average Bonchev–Trinajstić information content (AvgIpc) is 2.87. The van der Waals surface area contributed by atoms with Crippen LogP contribution in [-0.2, 0) is 6.54 Å². The van der Waals surface area contributed by atoms with Crippen molar-refractivity contribution in [2.24, 2.45) is 11.7 Å². The Balaban J connectivity index is 1.86. The van der Waals surface area contributed by atoms with Gasteiger partial charge >= 0.3 is 0 Å². The molecule has 1 aromatic heterocycles. The van der Waals surface area contributed by atoms with Gasteiger partial charge in [-0.25, -0.2) is 0 Å².